The number of carbonyl (C=O) groups is 2. The first-order chi connectivity index (χ1) is 10.1. The molecule has 8 heteroatoms. The van der Waals surface area contributed by atoms with Gasteiger partial charge < -0.3 is 15.8 Å². The van der Waals surface area contributed by atoms with E-state index < -0.39 is 5.91 Å². The van der Waals surface area contributed by atoms with Crippen molar-refractivity contribution in [3.8, 4) is 0 Å². The molecule has 1 aliphatic rings. The van der Waals surface area contributed by atoms with Crippen LogP contribution in [0.1, 0.15) is 33.7 Å². The van der Waals surface area contributed by atoms with E-state index in [-0.39, 0.29) is 29.3 Å². The Morgan fingerprint density at radius 3 is 2.90 bits per heavy atom. The third-order valence-corrected chi connectivity index (χ3v) is 3.66. The van der Waals surface area contributed by atoms with Gasteiger partial charge >= 0.3 is 0 Å². The fraction of sp³-hybridized carbons (Fsp3) is 0.385. The smallest absolute Gasteiger partial charge is 0.270 e. The molecule has 0 aliphatic heterocycles. The van der Waals surface area contributed by atoms with E-state index in [1.54, 1.807) is 13.2 Å². The Hall–Kier alpha value is -2.48. The number of hydrogen-bond acceptors (Lipinski definition) is 5. The lowest BCUT2D eigenvalue weighted by molar-refractivity contribution is 0.0175. The van der Waals surface area contributed by atoms with Crippen molar-refractivity contribution in [3.05, 3.63) is 29.7 Å². The highest BCUT2D eigenvalue weighted by molar-refractivity contribution is 5.99. The quantitative estimate of drug-likeness (QED) is 0.805. The molecule has 21 heavy (non-hydrogen) atoms. The van der Waals surface area contributed by atoms with Crippen molar-refractivity contribution in [2.75, 3.05) is 7.11 Å². The number of ether oxygens (including phenoxy) is 1. The van der Waals surface area contributed by atoms with E-state index in [1.165, 1.54) is 16.9 Å². The second-order valence-corrected chi connectivity index (χ2v) is 4.99. The van der Waals surface area contributed by atoms with Crippen molar-refractivity contribution < 1.29 is 14.3 Å². The van der Waals surface area contributed by atoms with Gasteiger partial charge in [-0.1, -0.05) is 0 Å². The van der Waals surface area contributed by atoms with Crippen LogP contribution in [0.4, 0.5) is 0 Å². The normalized spacial score (nSPS) is 21.0. The zero-order chi connectivity index (χ0) is 15.0. The number of nitrogens with two attached hydrogens (primary N) is 1. The zero-order valence-corrected chi connectivity index (χ0v) is 11.4. The molecule has 3 rings (SSSR count). The second kappa shape index (κ2) is 5.13. The molecule has 1 fully saturated rings. The summed E-state index contributed by atoms with van der Waals surface area (Å²) in [7, 11) is 1.66. The Morgan fingerprint density at radius 1 is 1.48 bits per heavy atom. The van der Waals surface area contributed by atoms with Gasteiger partial charge in [0, 0.05) is 19.3 Å². The lowest BCUT2D eigenvalue weighted by Crippen LogP contribution is -2.47. The van der Waals surface area contributed by atoms with Crippen molar-refractivity contribution in [2.45, 2.75) is 25.0 Å². The number of methoxy groups -OCH3 is 1. The summed E-state index contributed by atoms with van der Waals surface area (Å²) in [4.78, 5) is 27.6. The second-order valence-electron chi connectivity index (χ2n) is 4.99. The number of fused-ring (bicyclic) bond motifs is 1. The van der Waals surface area contributed by atoms with Crippen LogP contribution in [0.15, 0.2) is 18.5 Å². The number of amides is 2. The maximum absolute atomic E-state index is 12.3. The number of nitrogens with one attached hydrogen (secondary N) is 1. The number of nitrogens with zero attached hydrogens (tertiary/aromatic N) is 3. The highest BCUT2D eigenvalue weighted by Crippen LogP contribution is 2.22. The molecular formula is C13H15N5O3. The van der Waals surface area contributed by atoms with Gasteiger partial charge in [0.15, 0.2) is 5.65 Å². The Labute approximate surface area is 120 Å². The minimum Gasteiger partial charge on any atom is -0.381 e. The molecule has 2 aromatic rings. The maximum atomic E-state index is 12.3. The average molecular weight is 289 g/mol. The van der Waals surface area contributed by atoms with E-state index in [4.69, 9.17) is 10.5 Å². The Kier molecular flexibility index (Phi) is 3.30. The SMILES string of the molecule is CO[C@H]1C[C@@H](NC(=O)c2ccnc3c(C(N)=O)cnn23)C1. The van der Waals surface area contributed by atoms with Crippen molar-refractivity contribution in [3.63, 3.8) is 0 Å². The summed E-state index contributed by atoms with van der Waals surface area (Å²) in [6.45, 7) is 0. The molecule has 0 atom stereocenters. The van der Waals surface area contributed by atoms with Gasteiger partial charge in [-0.25, -0.2) is 9.50 Å². The molecule has 1 saturated carbocycles. The lowest BCUT2D eigenvalue weighted by atomic mass is 9.89. The van der Waals surface area contributed by atoms with Gasteiger partial charge in [0.1, 0.15) is 11.3 Å². The molecule has 8 nitrogen and oxygen atoms in total. The van der Waals surface area contributed by atoms with Gasteiger partial charge in [-0.05, 0) is 18.9 Å². The molecule has 0 radical (unpaired) electrons. The molecule has 2 amide bonds. The molecule has 0 unspecified atom stereocenters. The summed E-state index contributed by atoms with van der Waals surface area (Å²) in [6.07, 6.45) is 4.56. The number of carbonyl (C=O) groups excluding carboxylic acids is 2. The highest BCUT2D eigenvalue weighted by atomic mass is 16.5. The molecule has 110 valence electrons. The van der Waals surface area contributed by atoms with Crippen LogP contribution in [0.5, 0.6) is 0 Å². The molecule has 2 aromatic heterocycles. The van der Waals surface area contributed by atoms with E-state index in [9.17, 15) is 9.59 Å². The van der Waals surface area contributed by atoms with Crippen molar-refractivity contribution in [2.24, 2.45) is 5.73 Å². The first kappa shape index (κ1) is 13.5. The summed E-state index contributed by atoms with van der Waals surface area (Å²) in [5, 5.41) is 6.91. The number of primary amides is 1. The number of hydrogen-bond donors (Lipinski definition) is 2. The van der Waals surface area contributed by atoms with E-state index >= 15 is 0 Å². The average Bonchev–Trinajstić information content (AvgIpc) is 2.85. The topological polar surface area (TPSA) is 112 Å². The first-order valence-electron chi connectivity index (χ1n) is 6.56. The van der Waals surface area contributed by atoms with Crippen LogP contribution in [0.2, 0.25) is 0 Å². The molecule has 1 aliphatic carbocycles. The van der Waals surface area contributed by atoms with Gasteiger partial charge in [0.2, 0.25) is 0 Å². The van der Waals surface area contributed by atoms with Crippen LogP contribution in [-0.4, -0.2) is 45.7 Å². The van der Waals surface area contributed by atoms with Gasteiger partial charge in [-0.2, -0.15) is 5.10 Å². The van der Waals surface area contributed by atoms with Crippen LogP contribution in [0.3, 0.4) is 0 Å². The molecule has 2 heterocycles. The molecule has 3 N–H and O–H groups in total. The predicted octanol–water partition coefficient (Wildman–Crippen LogP) is -0.265. The molecule has 0 spiro atoms. The van der Waals surface area contributed by atoms with Crippen LogP contribution in [0.25, 0.3) is 5.65 Å². The Balaban J connectivity index is 1.83. The summed E-state index contributed by atoms with van der Waals surface area (Å²) in [5.74, 6) is -0.891. The van der Waals surface area contributed by atoms with Gasteiger partial charge in [-0.15, -0.1) is 0 Å². The van der Waals surface area contributed by atoms with Crippen LogP contribution in [0, 0.1) is 0 Å². The fourth-order valence-corrected chi connectivity index (χ4v) is 2.37. The van der Waals surface area contributed by atoms with Crippen molar-refractivity contribution in [1.29, 1.82) is 0 Å². The monoisotopic (exact) mass is 289 g/mol. The van der Waals surface area contributed by atoms with Gasteiger partial charge in [0.05, 0.1) is 12.3 Å². The van der Waals surface area contributed by atoms with Gasteiger partial charge in [0.25, 0.3) is 11.8 Å². The largest absolute Gasteiger partial charge is 0.381 e. The van der Waals surface area contributed by atoms with Crippen LogP contribution >= 0.6 is 0 Å². The minimum atomic E-state index is -0.628. The standard InChI is InChI=1S/C13H15N5O3/c1-21-8-4-7(5-8)17-13(20)10-2-3-15-12-9(11(14)19)6-16-18(10)12/h2-3,6-8H,4-5H2,1H3,(H2,14,19)(H,17,20)/t7-,8+. The Bertz CT molecular complexity index is 705. The van der Waals surface area contributed by atoms with Crippen molar-refractivity contribution in [1.82, 2.24) is 19.9 Å². The number of aromatic nitrogens is 3. The Morgan fingerprint density at radius 2 is 2.24 bits per heavy atom. The van der Waals surface area contributed by atoms with Crippen LogP contribution in [-0.2, 0) is 4.74 Å². The van der Waals surface area contributed by atoms with E-state index in [2.05, 4.69) is 15.4 Å². The van der Waals surface area contributed by atoms with Crippen LogP contribution < -0.4 is 11.1 Å². The van der Waals surface area contributed by atoms with E-state index in [0.29, 0.717) is 5.69 Å². The minimum absolute atomic E-state index is 0.0943. The number of rotatable bonds is 4. The third-order valence-electron chi connectivity index (χ3n) is 3.66. The van der Waals surface area contributed by atoms with E-state index in [0.717, 1.165) is 12.8 Å². The predicted molar refractivity (Wildman–Crippen MR) is 72.8 cm³/mol. The van der Waals surface area contributed by atoms with E-state index in [1.807, 2.05) is 0 Å². The first-order valence-corrected chi connectivity index (χ1v) is 6.56. The molecule has 0 aromatic carbocycles. The third kappa shape index (κ3) is 2.33. The highest BCUT2D eigenvalue weighted by Gasteiger charge is 2.31. The lowest BCUT2D eigenvalue weighted by Gasteiger charge is -2.34. The molecule has 0 saturated heterocycles. The summed E-state index contributed by atoms with van der Waals surface area (Å²) in [6, 6.07) is 1.64. The fourth-order valence-electron chi connectivity index (χ4n) is 2.37. The van der Waals surface area contributed by atoms with Gasteiger partial charge in [-0.3, -0.25) is 9.59 Å². The summed E-state index contributed by atoms with van der Waals surface area (Å²) >= 11 is 0. The zero-order valence-electron chi connectivity index (χ0n) is 11.4. The summed E-state index contributed by atoms with van der Waals surface area (Å²) in [5.41, 5.74) is 6.02. The van der Waals surface area contributed by atoms with Crippen molar-refractivity contribution >= 4 is 17.5 Å². The molecular weight excluding hydrogens is 274 g/mol. The summed E-state index contributed by atoms with van der Waals surface area (Å²) < 4.78 is 6.49. The molecule has 0 bridgehead atoms. The maximum Gasteiger partial charge on any atom is 0.270 e.